The molecular formula is C40H40BrN3O8. The molecule has 3 aromatic carbocycles. The zero-order valence-corrected chi connectivity index (χ0v) is 30.5. The van der Waals surface area contributed by atoms with Gasteiger partial charge in [0.25, 0.3) is 11.8 Å². The number of carboxylic acid groups (broad SMARTS) is 1. The van der Waals surface area contributed by atoms with Gasteiger partial charge in [0.15, 0.2) is 11.5 Å². The first-order valence-electron chi connectivity index (χ1n) is 17.6. The highest BCUT2D eigenvalue weighted by atomic mass is 79.9. The van der Waals surface area contributed by atoms with Gasteiger partial charge in [-0.1, -0.05) is 66.1 Å². The number of amides is 4. The van der Waals surface area contributed by atoms with E-state index in [1.54, 1.807) is 24.3 Å². The number of carboxylic acids is 1. The second-order valence-electron chi connectivity index (χ2n) is 14.2. The fourth-order valence-electron chi connectivity index (χ4n) is 9.05. The molecule has 2 aliphatic heterocycles. The second-order valence-corrected chi connectivity index (χ2v) is 15.0. The summed E-state index contributed by atoms with van der Waals surface area (Å²) in [4.78, 5) is 70.5. The molecule has 0 aromatic heterocycles. The van der Waals surface area contributed by atoms with Gasteiger partial charge in [-0.3, -0.25) is 34.3 Å². The van der Waals surface area contributed by atoms with Crippen LogP contribution in [-0.2, 0) is 29.4 Å². The molecule has 0 unspecified atom stereocenters. The van der Waals surface area contributed by atoms with Crippen molar-refractivity contribution in [2.75, 3.05) is 19.1 Å². The van der Waals surface area contributed by atoms with Gasteiger partial charge in [0.2, 0.25) is 11.8 Å². The fourth-order valence-corrected chi connectivity index (χ4v) is 9.51. The number of aliphatic carboxylic acids is 1. The van der Waals surface area contributed by atoms with E-state index in [4.69, 9.17) is 9.84 Å². The number of hydrazine groups is 1. The number of carbonyl (C=O) groups excluding carboxylic acids is 4. The molecule has 3 aromatic rings. The van der Waals surface area contributed by atoms with Gasteiger partial charge in [-0.15, -0.1) is 0 Å². The Bertz CT molecular complexity index is 1980. The predicted octanol–water partition coefficient (Wildman–Crippen LogP) is 6.10. The number of phenolic OH excluding ortho intramolecular Hbond substituents is 1. The Labute approximate surface area is 309 Å². The van der Waals surface area contributed by atoms with Crippen molar-refractivity contribution in [3.63, 3.8) is 0 Å². The zero-order valence-electron chi connectivity index (χ0n) is 28.9. The number of hydrogen-bond donors (Lipinski definition) is 3. The molecule has 4 amide bonds. The number of likely N-dealkylation sites (tertiary alicyclic amines) is 1. The summed E-state index contributed by atoms with van der Waals surface area (Å²) in [6, 6.07) is 20.0. The molecule has 2 aliphatic carbocycles. The number of phenols is 1. The van der Waals surface area contributed by atoms with Crippen molar-refractivity contribution in [1.82, 2.24) is 9.91 Å². The lowest BCUT2D eigenvalue weighted by molar-refractivity contribution is -0.141. The Kier molecular flexibility index (Phi) is 9.45. The largest absolute Gasteiger partial charge is 0.503 e. The average molecular weight is 771 g/mol. The first kappa shape index (κ1) is 35.4. The van der Waals surface area contributed by atoms with Gasteiger partial charge in [0.05, 0.1) is 40.4 Å². The maximum atomic E-state index is 15.3. The second kappa shape index (κ2) is 13.9. The number of aromatic hydroxyl groups is 1. The molecule has 1 saturated carbocycles. The smallest absolute Gasteiger partial charge is 0.303 e. The molecule has 2 heterocycles. The third kappa shape index (κ3) is 5.67. The van der Waals surface area contributed by atoms with Crippen LogP contribution < -0.4 is 10.2 Å². The van der Waals surface area contributed by atoms with Gasteiger partial charge in [-0.05, 0) is 89.8 Å². The summed E-state index contributed by atoms with van der Waals surface area (Å²) in [6.45, 7) is 2.14. The Morgan fingerprint density at radius 3 is 2.38 bits per heavy atom. The Morgan fingerprint density at radius 2 is 1.69 bits per heavy atom. The molecule has 52 heavy (non-hydrogen) atoms. The van der Waals surface area contributed by atoms with E-state index in [1.165, 1.54) is 12.0 Å². The molecular weight excluding hydrogens is 730 g/mol. The molecule has 7 rings (SSSR count). The molecule has 2 saturated heterocycles. The van der Waals surface area contributed by atoms with Crippen LogP contribution in [0.2, 0.25) is 0 Å². The molecule has 12 heteroatoms. The number of halogens is 1. The summed E-state index contributed by atoms with van der Waals surface area (Å²) >= 11 is 3.48. The topological polar surface area (TPSA) is 154 Å². The summed E-state index contributed by atoms with van der Waals surface area (Å²) in [5, 5.41) is 21.0. The van der Waals surface area contributed by atoms with Gasteiger partial charge >= 0.3 is 5.97 Å². The number of ether oxygens (including phenoxy) is 1. The molecule has 0 radical (unpaired) electrons. The Morgan fingerprint density at radius 1 is 0.962 bits per heavy atom. The van der Waals surface area contributed by atoms with Gasteiger partial charge in [0, 0.05) is 18.9 Å². The number of nitrogens with one attached hydrogen (secondary N) is 1. The van der Waals surface area contributed by atoms with E-state index >= 15 is 4.79 Å². The molecule has 4 aliphatic rings. The van der Waals surface area contributed by atoms with Crippen LogP contribution in [0.4, 0.5) is 5.69 Å². The van der Waals surface area contributed by atoms with Crippen LogP contribution in [0.25, 0.3) is 0 Å². The lowest BCUT2D eigenvalue weighted by Crippen LogP contribution is -2.53. The van der Waals surface area contributed by atoms with Crippen LogP contribution in [0.5, 0.6) is 11.5 Å². The fraction of sp³-hybridized carbons (Fsp3) is 0.375. The number of methoxy groups -OCH3 is 1. The van der Waals surface area contributed by atoms with Gasteiger partial charge < -0.3 is 14.9 Å². The number of fused-ring (bicyclic) bond motifs is 4. The minimum absolute atomic E-state index is 0.0230. The molecule has 0 spiro atoms. The number of benzene rings is 3. The Balaban J connectivity index is 1.36. The van der Waals surface area contributed by atoms with E-state index in [9.17, 15) is 24.3 Å². The van der Waals surface area contributed by atoms with Crippen LogP contribution in [0.3, 0.4) is 0 Å². The highest BCUT2D eigenvalue weighted by Crippen LogP contribution is 2.64. The SMILES string of the molecule is COc1cc([C@H]2C3=CC[C@@H]4C(=O)N(CCCCCC(=O)O)C(=O)[C@@H]4[C@@H]3C[C@H]3C(=O)N(Nc4ccc(C)cc4)C(=O)[C@@]23c2ccccc2)cc(Br)c1O. The molecule has 6 atom stereocenters. The standard InChI is InChI=1S/C40H40BrN3O8/c1-22-12-14-25(15-13-22)42-44-37(49)29-21-28-26(16-17-27-33(28)38(50)43(36(27)48)18-8-4-7-11-32(45)46)34(23-19-30(41)35(47)31(20-23)52-2)40(29,39(44)51)24-9-5-3-6-10-24/h3,5-6,9-10,12-16,19-20,27-29,33-34,42,47H,4,7-8,11,17-18,21H2,1-2H3,(H,45,46)/t27-,28+,29-,33-,34-,40+/m0/s1. The van der Waals surface area contributed by atoms with Crippen molar-refractivity contribution >= 4 is 51.2 Å². The molecule has 3 N–H and O–H groups in total. The van der Waals surface area contributed by atoms with E-state index in [2.05, 4.69) is 21.4 Å². The van der Waals surface area contributed by atoms with Crippen molar-refractivity contribution in [2.24, 2.45) is 23.7 Å². The normalized spacial score (nSPS) is 26.5. The first-order valence-corrected chi connectivity index (χ1v) is 18.4. The van der Waals surface area contributed by atoms with Crippen molar-refractivity contribution in [3.05, 3.63) is 99.5 Å². The maximum absolute atomic E-state index is 15.3. The van der Waals surface area contributed by atoms with E-state index < -0.39 is 52.8 Å². The number of allylic oxidation sites excluding steroid dienone is 2. The van der Waals surface area contributed by atoms with Gasteiger partial charge in [0.1, 0.15) is 0 Å². The summed E-state index contributed by atoms with van der Waals surface area (Å²) in [6.07, 6.45) is 3.96. The monoisotopic (exact) mass is 769 g/mol. The Hall–Kier alpha value is -4.97. The summed E-state index contributed by atoms with van der Waals surface area (Å²) in [7, 11) is 1.44. The van der Waals surface area contributed by atoms with Crippen LogP contribution in [0.1, 0.15) is 61.1 Å². The number of imide groups is 2. The van der Waals surface area contributed by atoms with Crippen LogP contribution in [-0.4, -0.2) is 63.4 Å². The van der Waals surface area contributed by atoms with E-state index in [0.717, 1.165) is 16.1 Å². The number of nitrogens with zero attached hydrogens (tertiary/aromatic N) is 2. The van der Waals surface area contributed by atoms with E-state index in [0.29, 0.717) is 40.5 Å². The van der Waals surface area contributed by atoms with Crippen molar-refractivity contribution < 1.29 is 38.9 Å². The van der Waals surface area contributed by atoms with Gasteiger partial charge in [-0.25, -0.2) is 0 Å². The van der Waals surface area contributed by atoms with Crippen molar-refractivity contribution in [3.8, 4) is 11.5 Å². The summed E-state index contributed by atoms with van der Waals surface area (Å²) in [5.41, 5.74) is 5.26. The number of hydrogen-bond acceptors (Lipinski definition) is 8. The summed E-state index contributed by atoms with van der Waals surface area (Å²) < 4.78 is 5.91. The predicted molar refractivity (Wildman–Crippen MR) is 194 cm³/mol. The quantitative estimate of drug-likeness (QED) is 0.119. The highest BCUT2D eigenvalue weighted by molar-refractivity contribution is 9.10. The average Bonchev–Trinajstić information content (AvgIpc) is 3.50. The van der Waals surface area contributed by atoms with Crippen molar-refractivity contribution in [2.45, 2.75) is 56.8 Å². The number of carbonyl (C=O) groups is 5. The summed E-state index contributed by atoms with van der Waals surface area (Å²) in [5.74, 6) is -5.84. The molecule has 270 valence electrons. The lowest BCUT2D eigenvalue weighted by Gasteiger charge is -2.50. The third-order valence-corrected chi connectivity index (χ3v) is 12.0. The lowest BCUT2D eigenvalue weighted by atomic mass is 9.49. The maximum Gasteiger partial charge on any atom is 0.303 e. The van der Waals surface area contributed by atoms with Gasteiger partial charge in [-0.2, -0.15) is 5.01 Å². The van der Waals surface area contributed by atoms with Crippen LogP contribution in [0, 0.1) is 30.6 Å². The number of anilines is 1. The van der Waals surface area contributed by atoms with Crippen LogP contribution in [0.15, 0.2) is 82.9 Å². The van der Waals surface area contributed by atoms with E-state index in [1.807, 2.05) is 55.5 Å². The zero-order chi connectivity index (χ0) is 36.9. The molecule has 11 nitrogen and oxygen atoms in total. The van der Waals surface area contributed by atoms with E-state index in [-0.39, 0.29) is 49.1 Å². The molecule has 3 fully saturated rings. The highest BCUT2D eigenvalue weighted by Gasteiger charge is 2.70. The number of unbranched alkanes of at least 4 members (excludes halogenated alkanes) is 2. The minimum Gasteiger partial charge on any atom is -0.503 e. The number of aryl methyl sites for hydroxylation is 1. The first-order chi connectivity index (χ1) is 25.0. The number of rotatable bonds is 11. The third-order valence-electron chi connectivity index (χ3n) is 11.4. The molecule has 0 bridgehead atoms. The van der Waals surface area contributed by atoms with Crippen molar-refractivity contribution in [1.29, 1.82) is 0 Å². The van der Waals surface area contributed by atoms with Crippen LogP contribution >= 0.6 is 15.9 Å². The minimum atomic E-state index is -1.46.